The Morgan fingerprint density at radius 3 is 2.48 bits per heavy atom. The SMILES string of the molecule is CS(=O)(=O)NC(=O)CC1C(c2ccccc2)CC(=O)N1Cc1cccc(F)c1F. The number of nitrogens with zero attached hydrogens (tertiary/aromatic N) is 1. The van der Waals surface area contributed by atoms with E-state index in [2.05, 4.69) is 0 Å². The van der Waals surface area contributed by atoms with E-state index in [0.29, 0.717) is 0 Å². The van der Waals surface area contributed by atoms with E-state index in [0.717, 1.165) is 17.9 Å². The molecule has 1 N–H and O–H groups in total. The largest absolute Gasteiger partial charge is 0.334 e. The first-order chi connectivity index (χ1) is 13.7. The Labute approximate surface area is 167 Å². The monoisotopic (exact) mass is 422 g/mol. The van der Waals surface area contributed by atoms with Crippen molar-refractivity contribution < 1.29 is 26.8 Å². The highest BCUT2D eigenvalue weighted by atomic mass is 32.2. The van der Waals surface area contributed by atoms with Crippen LogP contribution in [0.1, 0.15) is 29.9 Å². The van der Waals surface area contributed by atoms with Crippen LogP contribution in [-0.4, -0.2) is 37.4 Å². The molecule has 9 heteroatoms. The standard InChI is InChI=1S/C20H20F2N2O4S/c1-29(27,28)23-18(25)11-17-15(13-6-3-2-4-7-13)10-19(26)24(17)12-14-8-5-9-16(21)20(14)22/h2-9,15,17H,10-12H2,1H3,(H,23,25). The van der Waals surface area contributed by atoms with Crippen molar-refractivity contribution in [2.45, 2.75) is 31.3 Å². The second-order valence-electron chi connectivity index (χ2n) is 7.02. The van der Waals surface area contributed by atoms with Crippen molar-refractivity contribution in [3.63, 3.8) is 0 Å². The molecule has 1 fully saturated rings. The van der Waals surface area contributed by atoms with Gasteiger partial charge in [-0.1, -0.05) is 42.5 Å². The number of likely N-dealkylation sites (tertiary alicyclic amines) is 1. The number of halogens is 2. The van der Waals surface area contributed by atoms with Crippen LogP contribution in [0.25, 0.3) is 0 Å². The minimum atomic E-state index is -3.76. The van der Waals surface area contributed by atoms with Gasteiger partial charge in [0, 0.05) is 36.9 Å². The smallest absolute Gasteiger partial charge is 0.235 e. The van der Waals surface area contributed by atoms with Crippen LogP contribution in [0.2, 0.25) is 0 Å². The van der Waals surface area contributed by atoms with E-state index in [1.165, 1.54) is 17.0 Å². The number of benzene rings is 2. The zero-order valence-electron chi connectivity index (χ0n) is 15.6. The first kappa shape index (κ1) is 20.9. The van der Waals surface area contributed by atoms with Gasteiger partial charge in [-0.25, -0.2) is 17.2 Å². The van der Waals surface area contributed by atoms with Gasteiger partial charge in [0.15, 0.2) is 11.6 Å². The number of sulfonamides is 1. The lowest BCUT2D eigenvalue weighted by Crippen LogP contribution is -2.40. The predicted octanol–water partition coefficient (Wildman–Crippen LogP) is 2.32. The number of carbonyl (C=O) groups excluding carboxylic acids is 2. The summed E-state index contributed by atoms with van der Waals surface area (Å²) >= 11 is 0. The molecule has 3 rings (SSSR count). The molecule has 0 aliphatic carbocycles. The number of amides is 2. The molecule has 0 radical (unpaired) electrons. The molecule has 2 atom stereocenters. The summed E-state index contributed by atoms with van der Waals surface area (Å²) in [6.45, 7) is -0.220. The summed E-state index contributed by atoms with van der Waals surface area (Å²) in [5.74, 6) is -3.55. The van der Waals surface area contributed by atoms with Crippen molar-refractivity contribution in [2.24, 2.45) is 0 Å². The molecule has 2 aromatic rings. The molecule has 1 saturated heterocycles. The van der Waals surface area contributed by atoms with Crippen LogP contribution in [0, 0.1) is 11.6 Å². The summed E-state index contributed by atoms with van der Waals surface area (Å²) in [5, 5.41) is 0. The maximum Gasteiger partial charge on any atom is 0.235 e. The molecule has 0 aromatic heterocycles. The average Bonchev–Trinajstić information content (AvgIpc) is 2.94. The number of hydrogen-bond donors (Lipinski definition) is 1. The lowest BCUT2D eigenvalue weighted by atomic mass is 9.89. The van der Waals surface area contributed by atoms with E-state index in [4.69, 9.17) is 0 Å². The fourth-order valence-corrected chi connectivity index (χ4v) is 4.13. The van der Waals surface area contributed by atoms with E-state index >= 15 is 0 Å². The Balaban J connectivity index is 1.92. The fraction of sp³-hybridized carbons (Fsp3) is 0.300. The van der Waals surface area contributed by atoms with E-state index in [9.17, 15) is 26.8 Å². The van der Waals surface area contributed by atoms with Gasteiger partial charge in [0.05, 0.1) is 6.26 Å². The van der Waals surface area contributed by atoms with Crippen LogP contribution in [0.4, 0.5) is 8.78 Å². The summed E-state index contributed by atoms with van der Waals surface area (Å²) in [5.41, 5.74) is 0.792. The van der Waals surface area contributed by atoms with Gasteiger partial charge in [0.2, 0.25) is 21.8 Å². The summed E-state index contributed by atoms with van der Waals surface area (Å²) in [4.78, 5) is 26.3. The van der Waals surface area contributed by atoms with Gasteiger partial charge in [0.25, 0.3) is 0 Å². The molecule has 6 nitrogen and oxygen atoms in total. The van der Waals surface area contributed by atoms with E-state index in [1.807, 2.05) is 22.9 Å². The van der Waals surface area contributed by atoms with Crippen LogP contribution in [0.15, 0.2) is 48.5 Å². The Morgan fingerprint density at radius 2 is 1.83 bits per heavy atom. The lowest BCUT2D eigenvalue weighted by Gasteiger charge is -2.28. The van der Waals surface area contributed by atoms with Crippen LogP contribution >= 0.6 is 0 Å². The maximum atomic E-state index is 14.1. The van der Waals surface area contributed by atoms with Gasteiger partial charge < -0.3 is 4.90 Å². The topological polar surface area (TPSA) is 83.5 Å². The second-order valence-corrected chi connectivity index (χ2v) is 8.77. The predicted molar refractivity (Wildman–Crippen MR) is 102 cm³/mol. The number of carbonyl (C=O) groups is 2. The highest BCUT2D eigenvalue weighted by Gasteiger charge is 2.42. The number of rotatable bonds is 6. The molecule has 0 spiro atoms. The molecule has 1 aliphatic heterocycles. The third-order valence-corrected chi connectivity index (χ3v) is 5.47. The van der Waals surface area contributed by atoms with Gasteiger partial charge in [0.1, 0.15) is 0 Å². The normalized spacial score (nSPS) is 19.4. The zero-order valence-corrected chi connectivity index (χ0v) is 16.5. The summed E-state index contributed by atoms with van der Waals surface area (Å²) in [7, 11) is -3.76. The van der Waals surface area contributed by atoms with Crippen molar-refractivity contribution in [3.05, 3.63) is 71.3 Å². The average molecular weight is 422 g/mol. The van der Waals surface area contributed by atoms with Crippen LogP contribution in [-0.2, 0) is 26.2 Å². The van der Waals surface area contributed by atoms with Gasteiger partial charge in [-0.05, 0) is 11.6 Å². The summed E-state index contributed by atoms with van der Waals surface area (Å²) in [6, 6.07) is 12.0. The van der Waals surface area contributed by atoms with Gasteiger partial charge in [-0.2, -0.15) is 0 Å². The van der Waals surface area contributed by atoms with Crippen molar-refractivity contribution in [3.8, 4) is 0 Å². The third kappa shape index (κ3) is 4.97. The molecule has 1 heterocycles. The molecular formula is C20H20F2N2O4S. The van der Waals surface area contributed by atoms with Crippen LogP contribution in [0.5, 0.6) is 0 Å². The number of hydrogen-bond acceptors (Lipinski definition) is 4. The first-order valence-electron chi connectivity index (χ1n) is 8.93. The minimum Gasteiger partial charge on any atom is -0.334 e. The van der Waals surface area contributed by atoms with Crippen molar-refractivity contribution in [2.75, 3.05) is 6.26 Å². The first-order valence-corrected chi connectivity index (χ1v) is 10.8. The zero-order chi connectivity index (χ0) is 21.2. The molecule has 2 amide bonds. The van der Waals surface area contributed by atoms with E-state index < -0.39 is 33.6 Å². The highest BCUT2D eigenvalue weighted by molar-refractivity contribution is 7.89. The Kier molecular flexibility index (Phi) is 5.97. The lowest BCUT2D eigenvalue weighted by molar-refractivity contribution is -0.130. The summed E-state index contributed by atoms with van der Waals surface area (Å²) in [6.07, 6.45) is 0.659. The van der Waals surface area contributed by atoms with Crippen molar-refractivity contribution in [1.29, 1.82) is 0 Å². The second kappa shape index (κ2) is 8.28. The van der Waals surface area contributed by atoms with E-state index in [-0.39, 0.29) is 36.8 Å². The Hall–Kier alpha value is -2.81. The molecule has 0 bridgehead atoms. The van der Waals surface area contributed by atoms with E-state index in [1.54, 1.807) is 12.1 Å². The maximum absolute atomic E-state index is 14.1. The van der Waals surface area contributed by atoms with Crippen molar-refractivity contribution >= 4 is 21.8 Å². The molecular weight excluding hydrogens is 402 g/mol. The third-order valence-electron chi connectivity index (χ3n) is 4.87. The summed E-state index contributed by atoms with van der Waals surface area (Å²) < 4.78 is 52.4. The number of nitrogens with one attached hydrogen (secondary N) is 1. The quantitative estimate of drug-likeness (QED) is 0.775. The molecule has 29 heavy (non-hydrogen) atoms. The van der Waals surface area contributed by atoms with Crippen molar-refractivity contribution in [1.82, 2.24) is 9.62 Å². The molecule has 0 saturated carbocycles. The molecule has 1 aliphatic rings. The molecule has 2 unspecified atom stereocenters. The minimum absolute atomic E-state index is 0.0133. The Morgan fingerprint density at radius 1 is 1.14 bits per heavy atom. The van der Waals surface area contributed by atoms with Gasteiger partial charge in [-0.3, -0.25) is 14.3 Å². The molecule has 154 valence electrons. The fourth-order valence-electron chi connectivity index (χ4n) is 3.63. The highest BCUT2D eigenvalue weighted by Crippen LogP contribution is 2.37. The van der Waals surface area contributed by atoms with Crippen LogP contribution in [0.3, 0.4) is 0 Å². The van der Waals surface area contributed by atoms with Crippen LogP contribution < -0.4 is 4.72 Å². The van der Waals surface area contributed by atoms with Gasteiger partial charge in [-0.15, -0.1) is 0 Å². The van der Waals surface area contributed by atoms with Gasteiger partial charge >= 0.3 is 0 Å². The Bertz CT molecular complexity index is 1030. The molecule has 2 aromatic carbocycles.